The first-order valence-electron chi connectivity index (χ1n) is 11.7. The minimum absolute atomic E-state index is 0.0952. The number of benzene rings is 1. The van der Waals surface area contributed by atoms with Crippen molar-refractivity contribution in [3.8, 4) is 0 Å². The van der Waals surface area contributed by atoms with Crippen LogP contribution in [0.2, 0.25) is 0 Å². The first-order valence-corrected chi connectivity index (χ1v) is 13.2. The molecular weight excluding hydrogens is 438 g/mol. The number of hydrogen-bond acceptors (Lipinski definition) is 5. The predicted molar refractivity (Wildman–Crippen MR) is 127 cm³/mol. The molecule has 2 aliphatic rings. The molecule has 1 aliphatic carbocycles. The van der Waals surface area contributed by atoms with Gasteiger partial charge >= 0.3 is 0 Å². The van der Waals surface area contributed by atoms with Gasteiger partial charge in [-0.3, -0.25) is 14.5 Å². The van der Waals surface area contributed by atoms with Crippen LogP contribution in [0.15, 0.2) is 35.2 Å². The Morgan fingerprint density at radius 2 is 1.67 bits per heavy atom. The minimum atomic E-state index is -3.67. The first kappa shape index (κ1) is 23.9. The van der Waals surface area contributed by atoms with E-state index in [0.29, 0.717) is 44.3 Å². The lowest BCUT2D eigenvalue weighted by Gasteiger charge is -2.33. The maximum absolute atomic E-state index is 13.1. The van der Waals surface area contributed by atoms with E-state index < -0.39 is 10.0 Å². The molecular formula is C25H33N3O4S. The SMILES string of the molecule is CC(=O)c1cccc(S(=O)(=O)N2CCN(CC(=O)c3cc(C)n(C4CCCC4)c3C)CC2)c1. The van der Waals surface area contributed by atoms with Crippen molar-refractivity contribution in [2.24, 2.45) is 0 Å². The zero-order valence-electron chi connectivity index (χ0n) is 19.7. The molecule has 8 heteroatoms. The van der Waals surface area contributed by atoms with Gasteiger partial charge in [-0.05, 0) is 51.8 Å². The fourth-order valence-corrected chi connectivity index (χ4v) is 6.69. The molecule has 4 rings (SSSR count). The van der Waals surface area contributed by atoms with Crippen LogP contribution in [0, 0.1) is 13.8 Å². The molecule has 0 N–H and O–H groups in total. The average Bonchev–Trinajstić information content (AvgIpc) is 3.41. The van der Waals surface area contributed by atoms with E-state index in [4.69, 9.17) is 0 Å². The van der Waals surface area contributed by atoms with Gasteiger partial charge in [0.15, 0.2) is 11.6 Å². The monoisotopic (exact) mass is 471 g/mol. The molecule has 1 saturated carbocycles. The lowest BCUT2D eigenvalue weighted by atomic mass is 10.1. The summed E-state index contributed by atoms with van der Waals surface area (Å²) in [4.78, 5) is 26.9. The molecule has 0 unspecified atom stereocenters. The lowest BCUT2D eigenvalue weighted by molar-refractivity contribution is 0.0900. The molecule has 7 nitrogen and oxygen atoms in total. The third-order valence-corrected chi connectivity index (χ3v) is 8.95. The standard InChI is InChI=1S/C25H33N3O4S/c1-18-15-24(19(2)28(18)22-8-4-5-9-22)25(30)17-26-11-13-27(14-12-26)33(31,32)23-10-6-7-21(16-23)20(3)29/h6-7,10,15-16,22H,4-5,8-9,11-14,17H2,1-3H3. The van der Waals surface area contributed by atoms with Gasteiger partial charge in [-0.2, -0.15) is 4.31 Å². The van der Waals surface area contributed by atoms with Gasteiger partial charge in [-0.25, -0.2) is 8.42 Å². The zero-order valence-corrected chi connectivity index (χ0v) is 20.5. The molecule has 1 aliphatic heterocycles. The molecule has 1 aromatic carbocycles. The van der Waals surface area contributed by atoms with Crippen LogP contribution in [0.5, 0.6) is 0 Å². The van der Waals surface area contributed by atoms with Crippen molar-refractivity contribution in [1.82, 2.24) is 13.8 Å². The number of carbonyl (C=O) groups is 2. The molecule has 0 spiro atoms. The number of aryl methyl sites for hydroxylation is 1. The fraction of sp³-hybridized carbons (Fsp3) is 0.520. The number of nitrogens with zero attached hydrogens (tertiary/aromatic N) is 3. The number of hydrogen-bond donors (Lipinski definition) is 0. The van der Waals surface area contributed by atoms with E-state index in [1.54, 1.807) is 12.1 Å². The summed E-state index contributed by atoms with van der Waals surface area (Å²) < 4.78 is 29.9. The molecule has 2 fully saturated rings. The molecule has 33 heavy (non-hydrogen) atoms. The number of ketones is 2. The summed E-state index contributed by atoms with van der Waals surface area (Å²) in [7, 11) is -3.67. The third kappa shape index (κ3) is 4.83. The zero-order chi connectivity index (χ0) is 23.8. The second-order valence-corrected chi connectivity index (χ2v) is 11.2. The summed E-state index contributed by atoms with van der Waals surface area (Å²) in [6, 6.07) is 8.70. The summed E-state index contributed by atoms with van der Waals surface area (Å²) >= 11 is 0. The van der Waals surface area contributed by atoms with E-state index in [1.165, 1.54) is 49.0 Å². The van der Waals surface area contributed by atoms with Gasteiger partial charge in [0.2, 0.25) is 10.0 Å². The molecule has 0 amide bonds. The Morgan fingerprint density at radius 3 is 2.30 bits per heavy atom. The van der Waals surface area contributed by atoms with E-state index in [9.17, 15) is 18.0 Å². The van der Waals surface area contributed by atoms with Crippen LogP contribution in [0.4, 0.5) is 0 Å². The highest BCUT2D eigenvalue weighted by molar-refractivity contribution is 7.89. The Labute approximate surface area is 196 Å². The van der Waals surface area contributed by atoms with Crippen molar-refractivity contribution in [2.75, 3.05) is 32.7 Å². The summed E-state index contributed by atoms with van der Waals surface area (Å²) in [5, 5.41) is 0. The van der Waals surface area contributed by atoms with Crippen LogP contribution in [0.3, 0.4) is 0 Å². The van der Waals surface area contributed by atoms with Crippen LogP contribution < -0.4 is 0 Å². The smallest absolute Gasteiger partial charge is 0.243 e. The Morgan fingerprint density at radius 1 is 1.00 bits per heavy atom. The Bertz CT molecular complexity index is 1150. The third-order valence-electron chi connectivity index (χ3n) is 7.05. The van der Waals surface area contributed by atoms with Crippen molar-refractivity contribution in [3.63, 3.8) is 0 Å². The van der Waals surface area contributed by atoms with Gasteiger partial charge in [0, 0.05) is 54.7 Å². The topological polar surface area (TPSA) is 79.7 Å². The van der Waals surface area contributed by atoms with Gasteiger partial charge in [0.1, 0.15) is 0 Å². The molecule has 0 bridgehead atoms. The highest BCUT2D eigenvalue weighted by atomic mass is 32.2. The lowest BCUT2D eigenvalue weighted by Crippen LogP contribution is -2.49. The maximum Gasteiger partial charge on any atom is 0.243 e. The van der Waals surface area contributed by atoms with Crippen LogP contribution in [0.1, 0.15) is 70.8 Å². The normalized spacial score (nSPS) is 18.6. The highest BCUT2D eigenvalue weighted by Crippen LogP contribution is 2.33. The van der Waals surface area contributed by atoms with Crippen LogP contribution in [-0.2, 0) is 10.0 Å². The van der Waals surface area contributed by atoms with Gasteiger partial charge in [-0.1, -0.05) is 25.0 Å². The number of piperazine rings is 1. The van der Waals surface area contributed by atoms with Gasteiger partial charge in [-0.15, -0.1) is 0 Å². The first-order chi connectivity index (χ1) is 15.7. The molecule has 0 radical (unpaired) electrons. The predicted octanol–water partition coefficient (Wildman–Crippen LogP) is 3.61. The van der Waals surface area contributed by atoms with Crippen LogP contribution >= 0.6 is 0 Å². The largest absolute Gasteiger partial charge is 0.345 e. The molecule has 2 aromatic rings. The summed E-state index contributed by atoms with van der Waals surface area (Å²) in [6.07, 6.45) is 4.85. The van der Waals surface area contributed by atoms with E-state index in [2.05, 4.69) is 11.5 Å². The minimum Gasteiger partial charge on any atom is -0.345 e. The summed E-state index contributed by atoms with van der Waals surface area (Å²) in [5.74, 6) is -0.0690. The molecule has 1 aromatic heterocycles. The molecule has 0 atom stereocenters. The molecule has 178 valence electrons. The Hall–Kier alpha value is -2.29. The van der Waals surface area contributed by atoms with Crippen molar-refractivity contribution in [2.45, 2.75) is 57.4 Å². The fourth-order valence-electron chi connectivity index (χ4n) is 5.22. The quantitative estimate of drug-likeness (QED) is 0.577. The van der Waals surface area contributed by atoms with Gasteiger partial charge in [0.05, 0.1) is 11.4 Å². The van der Waals surface area contributed by atoms with Crippen molar-refractivity contribution in [1.29, 1.82) is 0 Å². The summed E-state index contributed by atoms with van der Waals surface area (Å²) in [5.41, 5.74) is 3.37. The van der Waals surface area contributed by atoms with E-state index in [-0.39, 0.29) is 16.5 Å². The summed E-state index contributed by atoms with van der Waals surface area (Å²) in [6.45, 7) is 7.47. The van der Waals surface area contributed by atoms with Gasteiger partial charge < -0.3 is 4.57 Å². The molecule has 1 saturated heterocycles. The van der Waals surface area contributed by atoms with E-state index in [0.717, 1.165) is 17.0 Å². The number of carbonyl (C=O) groups excluding carboxylic acids is 2. The molecule has 2 heterocycles. The highest BCUT2D eigenvalue weighted by Gasteiger charge is 2.30. The van der Waals surface area contributed by atoms with Gasteiger partial charge in [0.25, 0.3) is 0 Å². The Kier molecular flexibility index (Phi) is 6.88. The van der Waals surface area contributed by atoms with Crippen LogP contribution in [-0.4, -0.2) is 66.5 Å². The second-order valence-electron chi connectivity index (χ2n) is 9.28. The average molecular weight is 472 g/mol. The number of Topliss-reactive ketones (excluding diaryl/α,β-unsaturated/α-hetero) is 2. The Balaban J connectivity index is 1.40. The van der Waals surface area contributed by atoms with Crippen molar-refractivity contribution >= 4 is 21.6 Å². The van der Waals surface area contributed by atoms with E-state index in [1.807, 2.05) is 17.9 Å². The van der Waals surface area contributed by atoms with Crippen molar-refractivity contribution < 1.29 is 18.0 Å². The maximum atomic E-state index is 13.1. The number of rotatable bonds is 7. The van der Waals surface area contributed by atoms with Crippen LogP contribution in [0.25, 0.3) is 0 Å². The van der Waals surface area contributed by atoms with Crippen molar-refractivity contribution in [3.05, 3.63) is 52.8 Å². The van der Waals surface area contributed by atoms with E-state index >= 15 is 0 Å². The second kappa shape index (κ2) is 9.52. The number of sulfonamides is 1. The number of aromatic nitrogens is 1.